The van der Waals surface area contributed by atoms with Crippen LogP contribution in [0, 0.1) is 13.8 Å². The van der Waals surface area contributed by atoms with Gasteiger partial charge < -0.3 is 18.6 Å². The number of carbonyl (C=O) groups excluding carboxylic acids is 2. The molecule has 4 atom stereocenters. The first kappa shape index (κ1) is 71.3. The number of ketones is 2. The molecule has 0 aliphatic rings. The van der Waals surface area contributed by atoms with Crippen LogP contribution in [0.25, 0.3) is 0 Å². The van der Waals surface area contributed by atoms with E-state index in [2.05, 4.69) is 277 Å². The molecule has 8 rings (SSSR count). The summed E-state index contributed by atoms with van der Waals surface area (Å²) in [6, 6.07) is 84.6. The van der Waals surface area contributed by atoms with Gasteiger partial charge in [0.15, 0.2) is 12.5 Å². The van der Waals surface area contributed by atoms with Gasteiger partial charge in [0.1, 0.15) is 0 Å². The smallest absolute Gasteiger partial charge is 0.358 e. The van der Waals surface area contributed by atoms with Gasteiger partial charge in [-0.15, -0.1) is 9.12 Å². The van der Waals surface area contributed by atoms with Crippen LogP contribution in [0.1, 0.15) is 28.2 Å². The van der Waals surface area contributed by atoms with Crippen molar-refractivity contribution in [3.05, 3.63) is 269 Å². The minimum Gasteiger partial charge on any atom is -0.358 e. The number of carbonyl (C=O) groups is 2. The zero-order valence-electron chi connectivity index (χ0n) is 43.0. The van der Waals surface area contributed by atoms with Gasteiger partial charge in [-0.1, -0.05) is 300 Å². The Labute approximate surface area is 477 Å². The van der Waals surface area contributed by atoms with E-state index < -0.39 is 0 Å². The first-order chi connectivity index (χ1) is 33.8. The second-order valence-corrected chi connectivity index (χ2v) is 22.6. The third-order valence-electron chi connectivity index (χ3n) is 8.04. The number of hydrogen-bond acceptors (Lipinski definition) is 2. The van der Waals surface area contributed by atoms with Crippen LogP contribution in [0.3, 0.4) is 0 Å². The first-order valence-electron chi connectivity index (χ1n) is 22.8. The summed E-state index contributed by atoms with van der Waals surface area (Å²) in [7, 11) is 11.7. The largest absolute Gasteiger partial charge is 2.00 e. The quantitative estimate of drug-likeness (QED) is 0.0592. The van der Waals surface area contributed by atoms with Gasteiger partial charge in [-0.3, -0.25) is 4.79 Å². The van der Waals surface area contributed by atoms with Gasteiger partial charge in [0.05, 0.1) is 0 Å². The van der Waals surface area contributed by atoms with E-state index in [1.807, 2.05) is 0 Å². The van der Waals surface area contributed by atoms with Crippen molar-refractivity contribution in [1.82, 2.24) is 0 Å². The van der Waals surface area contributed by atoms with E-state index in [1.165, 1.54) is 68.8 Å². The molecule has 0 bridgehead atoms. The van der Waals surface area contributed by atoms with Gasteiger partial charge in [-0.05, 0) is 69.5 Å². The zero-order chi connectivity index (χ0) is 51.5. The fourth-order valence-electron chi connectivity index (χ4n) is 4.84. The van der Waals surface area contributed by atoms with E-state index in [4.69, 9.17) is 2.67 Å². The summed E-state index contributed by atoms with van der Waals surface area (Å²) in [4.78, 5) is 19.5. The molecule has 0 N–H and O–H groups in total. The van der Waals surface area contributed by atoms with Crippen molar-refractivity contribution in [1.29, 1.82) is 2.67 Å². The molecule has 0 fully saturated rings. The molecule has 2 nitrogen and oxygen atoms in total. The Hall–Kier alpha value is -2.73. The molecule has 0 aliphatic heterocycles. The Morgan fingerprint density at radius 2 is 0.569 bits per heavy atom. The summed E-state index contributed by atoms with van der Waals surface area (Å²) in [5.41, 5.74) is 0. The predicted molar refractivity (Wildman–Crippen MR) is 351 cm³/mol. The van der Waals surface area contributed by atoms with E-state index in [0.717, 1.165) is 34.3 Å². The van der Waals surface area contributed by atoms with E-state index in [0.29, 0.717) is 0 Å². The molecular weight excluding hydrogens is 1120 g/mol. The average molecular weight is 1200 g/mol. The number of benzene rings is 8. The molecule has 0 saturated heterocycles. The van der Waals surface area contributed by atoms with Crippen LogP contribution in [0.5, 0.6) is 0 Å². The van der Waals surface area contributed by atoms with E-state index in [-0.39, 0.29) is 72.8 Å². The maximum absolute atomic E-state index is 9.76. The molecule has 0 heterocycles. The molecule has 0 aliphatic carbocycles. The van der Waals surface area contributed by atoms with Crippen molar-refractivity contribution < 1.29 is 42.6 Å². The van der Waals surface area contributed by atoms with Crippen LogP contribution < -0.4 is 42.4 Å². The second kappa shape index (κ2) is 54.5. The van der Waals surface area contributed by atoms with E-state index in [1.54, 1.807) is 16.0 Å². The summed E-state index contributed by atoms with van der Waals surface area (Å²) in [6.45, 7) is 7.87. The van der Waals surface area contributed by atoms with Crippen LogP contribution in [0.4, 0.5) is 0 Å². The molecule has 0 aromatic heterocycles. The van der Waals surface area contributed by atoms with Crippen molar-refractivity contribution in [3.63, 3.8) is 0 Å². The fourth-order valence-corrected chi connectivity index (χ4v) is 9.04. The van der Waals surface area contributed by atoms with Crippen molar-refractivity contribution in [3.8, 4) is 0 Å². The number of Topliss-reactive ketones (excluding diaryl/α,β-unsaturated/α-hetero) is 1. The SMILES string of the molecule is C.C=CC(C)=O.C[CH-]C(C)=O.[3H]B(P)P.[3H]B(P)[PH3+].[CH3-].[Ni+2].[Ni].c1ccc(Pc2ccccc2)cc1.c1ccc(Pc2ccccc2)cc1.c1ccc(Pc2ccccc2)cc1.c1ccc(Pc2ccccc2)cc1. The van der Waals surface area contributed by atoms with Crippen molar-refractivity contribution >= 4 is 138 Å². The Bertz CT molecular complexity index is 2000. The Kier molecular flexibility index (Phi) is 54.0. The molecule has 384 valence electrons. The molecule has 0 amide bonds. The first-order valence-corrected chi connectivity index (χ1v) is 28.5. The van der Waals surface area contributed by atoms with Gasteiger partial charge in [-0.25, -0.2) is 0 Å². The minimum atomic E-state index is -0.0833. The minimum absolute atomic E-state index is 0. The molecule has 0 spiro atoms. The number of allylic oxidation sites excluding steroid dienone is 1. The van der Waals surface area contributed by atoms with Crippen molar-refractivity contribution in [2.24, 2.45) is 0 Å². The van der Waals surface area contributed by atoms with Crippen LogP contribution in [-0.2, 0) is 42.6 Å². The monoisotopic (exact) mass is 1190 g/mol. The van der Waals surface area contributed by atoms with Gasteiger partial charge >= 0.3 is 23.2 Å². The molecule has 0 radical (unpaired) electrons. The number of hydrogen-bond donors (Lipinski definition) is 0. The second-order valence-electron chi connectivity index (χ2n) is 13.6. The van der Waals surface area contributed by atoms with E-state index >= 15 is 0 Å². The molecule has 4 unspecified atom stereocenters. The van der Waals surface area contributed by atoms with Gasteiger partial charge in [0.25, 0.3) is 0 Å². The Morgan fingerprint density at radius 1 is 0.472 bits per heavy atom. The maximum Gasteiger partial charge on any atom is 2.00 e. The molecule has 8 aromatic carbocycles. The predicted octanol–water partition coefficient (Wildman–Crippen LogP) is 11.6. The number of rotatable bonds is 10. The summed E-state index contributed by atoms with van der Waals surface area (Å²) in [6.07, 6.45) is 2.81. The van der Waals surface area contributed by atoms with Crippen molar-refractivity contribution in [2.75, 3.05) is 0 Å². The van der Waals surface area contributed by atoms with Crippen LogP contribution >= 0.6 is 70.8 Å². The fraction of sp³-hybridized carbons (Fsp3) is 0.0690. The van der Waals surface area contributed by atoms with Crippen molar-refractivity contribution in [2.45, 2.75) is 28.2 Å². The van der Waals surface area contributed by atoms with Gasteiger partial charge in [-0.2, -0.15) is 25.2 Å². The Morgan fingerprint density at radius 3 is 0.639 bits per heavy atom. The summed E-state index contributed by atoms with van der Waals surface area (Å²) >= 11 is 0. The molecule has 72 heavy (non-hydrogen) atoms. The Balaban J connectivity index is -0.000000392. The molecular formula is C58H75B2Ni2O2P8+. The topological polar surface area (TPSA) is 34.1 Å². The van der Waals surface area contributed by atoms with Crippen LogP contribution in [0.2, 0.25) is 0 Å². The third-order valence-corrected chi connectivity index (χ3v) is 13.0. The molecule has 8 aromatic rings. The van der Waals surface area contributed by atoms with Gasteiger partial charge in [0, 0.05) is 17.8 Å². The van der Waals surface area contributed by atoms with Crippen LogP contribution in [-0.4, -0.2) is 27.6 Å². The van der Waals surface area contributed by atoms with Crippen LogP contribution in [0.15, 0.2) is 255 Å². The third kappa shape index (κ3) is 44.7. The average Bonchev–Trinajstić information content (AvgIpc) is 3.37. The van der Waals surface area contributed by atoms with Gasteiger partial charge in [0.2, 0.25) is 0 Å². The summed E-state index contributed by atoms with van der Waals surface area (Å²) < 4.78 is 13.1. The molecule has 14 heteroatoms. The standard InChI is InChI=1S/4C12H11P.C4H7O.C4H6O.CH4.CH3.BH6P2.BH5P2.2Ni/c4*1-3-7-11(8-4-1)13-12-9-5-2-6-10-12;2*1-3-4(2)5;;;2*2-1-3;;/h4*1-10,13H;3H,1-2H3;3H,1H2,2H3;1H4;1H3;1H,2H2,3H3;1H,2-3H2;;/q;;;;-1;;;-1;+1;;;+2/i;;;;;;;;2*1T;;. The van der Waals surface area contributed by atoms with E-state index in [9.17, 15) is 9.59 Å². The normalized spacial score (nSPS) is 8.86. The molecule has 0 saturated carbocycles. The maximum atomic E-state index is 9.76. The summed E-state index contributed by atoms with van der Waals surface area (Å²) in [5, 5.41) is 11.2. The summed E-state index contributed by atoms with van der Waals surface area (Å²) in [5.74, 6) is 0.148. The zero-order valence-corrected chi connectivity index (χ0v) is 51.9.